The second-order valence-electron chi connectivity index (χ2n) is 7.42. The highest BCUT2D eigenvalue weighted by Gasteiger charge is 2.50. The lowest BCUT2D eigenvalue weighted by Gasteiger charge is -2.19. The SMILES string of the molecule is Cc1nn(Cc2ccc(F)cc2Cl)c(C)c1N1C(=O)[C@H]2CCCC[C@H]2C1=O. The molecular weight excluding hydrogens is 369 g/mol. The van der Waals surface area contributed by atoms with Gasteiger partial charge >= 0.3 is 0 Å². The van der Waals surface area contributed by atoms with Gasteiger partial charge < -0.3 is 0 Å². The first-order chi connectivity index (χ1) is 12.9. The van der Waals surface area contributed by atoms with Gasteiger partial charge in [0.1, 0.15) is 5.82 Å². The fraction of sp³-hybridized carbons (Fsp3) is 0.450. The van der Waals surface area contributed by atoms with Crippen molar-refractivity contribution in [3.63, 3.8) is 0 Å². The summed E-state index contributed by atoms with van der Waals surface area (Å²) in [7, 11) is 0. The van der Waals surface area contributed by atoms with Gasteiger partial charge in [-0.15, -0.1) is 0 Å². The van der Waals surface area contributed by atoms with Crippen LogP contribution in [0.4, 0.5) is 10.1 Å². The summed E-state index contributed by atoms with van der Waals surface area (Å²) in [6.07, 6.45) is 3.55. The monoisotopic (exact) mass is 389 g/mol. The van der Waals surface area contributed by atoms with Crippen molar-refractivity contribution in [1.29, 1.82) is 0 Å². The van der Waals surface area contributed by atoms with Gasteiger partial charge in [0.25, 0.3) is 0 Å². The van der Waals surface area contributed by atoms with Gasteiger partial charge in [-0.3, -0.25) is 14.3 Å². The van der Waals surface area contributed by atoms with E-state index in [0.29, 0.717) is 22.9 Å². The Bertz CT molecular complexity index is 916. The number of carbonyl (C=O) groups is 2. The molecule has 27 heavy (non-hydrogen) atoms. The second-order valence-corrected chi connectivity index (χ2v) is 7.83. The number of halogens is 2. The van der Waals surface area contributed by atoms with E-state index in [1.165, 1.54) is 17.0 Å². The van der Waals surface area contributed by atoms with Crippen molar-refractivity contribution in [2.24, 2.45) is 11.8 Å². The third kappa shape index (κ3) is 2.96. The molecule has 0 unspecified atom stereocenters. The number of aromatic nitrogens is 2. The van der Waals surface area contributed by atoms with Crippen LogP contribution in [0.1, 0.15) is 42.6 Å². The number of fused-ring (bicyclic) bond motifs is 1. The van der Waals surface area contributed by atoms with Crippen LogP contribution < -0.4 is 4.90 Å². The molecule has 0 N–H and O–H groups in total. The van der Waals surface area contributed by atoms with Crippen molar-refractivity contribution in [3.05, 3.63) is 46.0 Å². The van der Waals surface area contributed by atoms with Crippen molar-refractivity contribution >= 4 is 29.1 Å². The first-order valence-electron chi connectivity index (χ1n) is 9.24. The van der Waals surface area contributed by atoms with Crippen LogP contribution in [-0.2, 0) is 16.1 Å². The maximum atomic E-state index is 13.3. The molecule has 1 saturated carbocycles. The van der Waals surface area contributed by atoms with E-state index in [4.69, 9.17) is 11.6 Å². The Morgan fingerprint density at radius 1 is 1.15 bits per heavy atom. The van der Waals surface area contributed by atoms with Gasteiger partial charge in [0, 0.05) is 5.02 Å². The molecule has 5 nitrogen and oxygen atoms in total. The molecule has 2 fully saturated rings. The Labute approximate surface area is 162 Å². The summed E-state index contributed by atoms with van der Waals surface area (Å²) in [6, 6.07) is 4.24. The summed E-state index contributed by atoms with van der Waals surface area (Å²) in [5, 5.41) is 4.84. The van der Waals surface area contributed by atoms with Crippen molar-refractivity contribution < 1.29 is 14.0 Å². The molecule has 4 rings (SSSR count). The zero-order valence-electron chi connectivity index (χ0n) is 15.3. The lowest BCUT2D eigenvalue weighted by Crippen LogP contribution is -2.31. The zero-order valence-corrected chi connectivity index (χ0v) is 16.1. The molecule has 142 valence electrons. The van der Waals surface area contributed by atoms with Crippen molar-refractivity contribution in [2.75, 3.05) is 4.90 Å². The van der Waals surface area contributed by atoms with E-state index in [2.05, 4.69) is 5.10 Å². The molecule has 2 aliphatic rings. The van der Waals surface area contributed by atoms with Crippen LogP contribution >= 0.6 is 11.6 Å². The van der Waals surface area contributed by atoms with Gasteiger partial charge in [-0.2, -0.15) is 5.10 Å². The molecule has 2 heterocycles. The number of carbonyl (C=O) groups excluding carboxylic acids is 2. The second kappa shape index (κ2) is 6.75. The van der Waals surface area contributed by atoms with E-state index in [0.717, 1.165) is 36.9 Å². The average Bonchev–Trinajstić information content (AvgIpc) is 3.04. The molecule has 2 amide bonds. The molecule has 2 atom stereocenters. The standard InChI is InChI=1S/C20H21ClFN3O2/c1-11-18(25-19(26)15-5-3-4-6-16(15)20(25)27)12(2)24(23-11)10-13-7-8-14(22)9-17(13)21/h7-9,15-16H,3-6,10H2,1-2H3/t15-,16+. The lowest BCUT2D eigenvalue weighted by molar-refractivity contribution is -0.122. The van der Waals surface area contributed by atoms with E-state index >= 15 is 0 Å². The molecule has 0 spiro atoms. The maximum absolute atomic E-state index is 13.3. The number of aryl methyl sites for hydroxylation is 1. The summed E-state index contributed by atoms with van der Waals surface area (Å²) < 4.78 is 15.0. The molecular formula is C20H21ClFN3O2. The maximum Gasteiger partial charge on any atom is 0.237 e. The minimum atomic E-state index is -0.395. The number of imide groups is 1. The van der Waals surface area contributed by atoms with Crippen molar-refractivity contribution in [3.8, 4) is 0 Å². The third-order valence-electron chi connectivity index (χ3n) is 5.74. The van der Waals surface area contributed by atoms with E-state index in [-0.39, 0.29) is 23.7 Å². The molecule has 0 radical (unpaired) electrons. The van der Waals surface area contributed by atoms with Crippen molar-refractivity contribution in [1.82, 2.24) is 9.78 Å². The molecule has 7 heteroatoms. The van der Waals surface area contributed by atoms with E-state index < -0.39 is 5.82 Å². The van der Waals surface area contributed by atoms with Crippen LogP contribution in [0.25, 0.3) is 0 Å². The predicted octanol–water partition coefficient (Wildman–Crippen LogP) is 4.02. The van der Waals surface area contributed by atoms with Crippen LogP contribution in [-0.4, -0.2) is 21.6 Å². The topological polar surface area (TPSA) is 55.2 Å². The summed E-state index contributed by atoms with van der Waals surface area (Å²) in [4.78, 5) is 27.2. The Balaban J connectivity index is 1.69. The number of hydrogen-bond acceptors (Lipinski definition) is 3. The molecule has 1 aliphatic heterocycles. The van der Waals surface area contributed by atoms with Crippen molar-refractivity contribution in [2.45, 2.75) is 46.1 Å². The van der Waals surface area contributed by atoms with Crippen LogP contribution in [0, 0.1) is 31.5 Å². The first kappa shape index (κ1) is 18.2. The summed E-state index contributed by atoms with van der Waals surface area (Å²) in [5.41, 5.74) is 2.67. The van der Waals surface area contributed by atoms with Gasteiger partial charge in [-0.1, -0.05) is 30.5 Å². The van der Waals surface area contributed by atoms with Crippen LogP contribution in [0.5, 0.6) is 0 Å². The van der Waals surface area contributed by atoms with E-state index in [1.807, 2.05) is 6.92 Å². The Morgan fingerprint density at radius 3 is 2.37 bits per heavy atom. The minimum Gasteiger partial charge on any atom is -0.274 e. The smallest absolute Gasteiger partial charge is 0.237 e. The van der Waals surface area contributed by atoms with E-state index in [1.54, 1.807) is 17.7 Å². The molecule has 2 aromatic rings. The minimum absolute atomic E-state index is 0.102. The molecule has 1 aromatic heterocycles. The largest absolute Gasteiger partial charge is 0.274 e. The zero-order chi connectivity index (χ0) is 19.3. The summed E-state index contributed by atoms with van der Waals surface area (Å²) in [6.45, 7) is 3.98. The molecule has 0 bridgehead atoms. The van der Waals surface area contributed by atoms with E-state index in [9.17, 15) is 14.0 Å². The lowest BCUT2D eigenvalue weighted by atomic mass is 9.81. The van der Waals surface area contributed by atoms with Gasteiger partial charge in [-0.05, 0) is 44.4 Å². The number of hydrogen-bond donors (Lipinski definition) is 0. The predicted molar refractivity (Wildman–Crippen MR) is 100 cm³/mol. The van der Waals surface area contributed by atoms with Gasteiger partial charge in [0.2, 0.25) is 11.8 Å². The highest BCUT2D eigenvalue weighted by atomic mass is 35.5. The quantitative estimate of drug-likeness (QED) is 0.745. The summed E-state index contributed by atoms with van der Waals surface area (Å²) in [5.74, 6) is -0.987. The first-order valence-corrected chi connectivity index (χ1v) is 9.62. The van der Waals surface area contributed by atoms with Gasteiger partial charge in [0.15, 0.2) is 0 Å². The van der Waals surface area contributed by atoms with Crippen LogP contribution in [0.15, 0.2) is 18.2 Å². The molecule has 1 saturated heterocycles. The van der Waals surface area contributed by atoms with Crippen LogP contribution in [0.2, 0.25) is 5.02 Å². The van der Waals surface area contributed by atoms with Crippen LogP contribution in [0.3, 0.4) is 0 Å². The average molecular weight is 390 g/mol. The number of nitrogens with zero attached hydrogens (tertiary/aromatic N) is 3. The highest BCUT2D eigenvalue weighted by Crippen LogP contribution is 2.41. The fourth-order valence-electron chi connectivity index (χ4n) is 4.36. The number of amides is 2. The van der Waals surface area contributed by atoms with Gasteiger partial charge in [-0.25, -0.2) is 9.29 Å². The normalized spacial score (nSPS) is 22.4. The molecule has 1 aliphatic carbocycles. The third-order valence-corrected chi connectivity index (χ3v) is 6.10. The number of rotatable bonds is 3. The fourth-order valence-corrected chi connectivity index (χ4v) is 4.59. The Morgan fingerprint density at radius 2 is 1.78 bits per heavy atom. The number of anilines is 1. The van der Waals surface area contributed by atoms with Gasteiger partial charge in [0.05, 0.1) is 35.5 Å². The molecule has 1 aromatic carbocycles. The Kier molecular flexibility index (Phi) is 4.54. The Hall–Kier alpha value is -2.21. The summed E-state index contributed by atoms with van der Waals surface area (Å²) >= 11 is 6.13. The highest BCUT2D eigenvalue weighted by molar-refractivity contribution is 6.31. The number of benzene rings is 1.